The molecule has 1 saturated heterocycles. The molecule has 1 fully saturated rings. The summed E-state index contributed by atoms with van der Waals surface area (Å²) in [5, 5.41) is 7.72. The Morgan fingerprint density at radius 1 is 1.26 bits per heavy atom. The minimum Gasteiger partial charge on any atom is -0.486 e. The molecule has 8 heteroatoms. The summed E-state index contributed by atoms with van der Waals surface area (Å²) in [6.45, 7) is 8.09. The molecule has 31 heavy (non-hydrogen) atoms. The van der Waals surface area contributed by atoms with Gasteiger partial charge >= 0.3 is 0 Å². The van der Waals surface area contributed by atoms with Crippen molar-refractivity contribution in [3.63, 3.8) is 0 Å². The fraction of sp³-hybridized carbons (Fsp3) is 0.478. The van der Waals surface area contributed by atoms with E-state index < -0.39 is 0 Å². The quantitative estimate of drug-likeness (QED) is 0.546. The van der Waals surface area contributed by atoms with Crippen LogP contribution in [0.5, 0.6) is 11.5 Å². The van der Waals surface area contributed by atoms with Crippen molar-refractivity contribution in [1.82, 2.24) is 15.6 Å². The smallest absolute Gasteiger partial charge is 0.191 e. The van der Waals surface area contributed by atoms with Crippen LogP contribution in [-0.2, 0) is 5.41 Å². The number of aromatic nitrogens is 1. The lowest BCUT2D eigenvalue weighted by Crippen LogP contribution is -2.48. The van der Waals surface area contributed by atoms with Gasteiger partial charge in [-0.25, -0.2) is 4.98 Å². The molecule has 0 saturated carbocycles. The number of benzene rings is 1. The number of pyridine rings is 1. The van der Waals surface area contributed by atoms with Crippen LogP contribution in [0.2, 0.25) is 5.02 Å². The molecular weight excluding hydrogens is 414 g/mol. The van der Waals surface area contributed by atoms with Gasteiger partial charge in [-0.05, 0) is 36.2 Å². The van der Waals surface area contributed by atoms with E-state index in [9.17, 15) is 0 Å². The summed E-state index contributed by atoms with van der Waals surface area (Å²) in [6.07, 6.45) is 2.78. The lowest BCUT2D eigenvalue weighted by Gasteiger charge is -2.29. The van der Waals surface area contributed by atoms with Gasteiger partial charge in [-0.2, -0.15) is 0 Å². The molecule has 2 aliphatic rings. The second-order valence-electron chi connectivity index (χ2n) is 8.55. The van der Waals surface area contributed by atoms with Gasteiger partial charge in [-0.1, -0.05) is 31.5 Å². The van der Waals surface area contributed by atoms with E-state index in [1.807, 2.05) is 18.2 Å². The average Bonchev–Trinajstić information content (AvgIpc) is 3.25. The predicted octanol–water partition coefficient (Wildman–Crippen LogP) is 3.23. The van der Waals surface area contributed by atoms with Crippen LogP contribution in [0.1, 0.15) is 25.8 Å². The van der Waals surface area contributed by atoms with Gasteiger partial charge < -0.3 is 25.0 Å². The minimum atomic E-state index is -0.114. The maximum absolute atomic E-state index is 6.31. The molecule has 0 spiro atoms. The molecular formula is C23H30ClN5O2. The Labute approximate surface area is 188 Å². The highest BCUT2D eigenvalue weighted by Gasteiger charge is 2.27. The normalized spacial score (nSPS) is 18.8. The van der Waals surface area contributed by atoms with Crippen molar-refractivity contribution in [2.24, 2.45) is 4.99 Å². The number of anilines is 1. The van der Waals surface area contributed by atoms with Crippen molar-refractivity contribution in [3.8, 4) is 11.5 Å². The number of hydrogen-bond acceptors (Lipinski definition) is 5. The van der Waals surface area contributed by atoms with Crippen LogP contribution in [-0.4, -0.2) is 56.9 Å². The van der Waals surface area contributed by atoms with Gasteiger partial charge in [0.15, 0.2) is 17.5 Å². The molecule has 0 radical (unpaired) electrons. The highest BCUT2D eigenvalue weighted by Crippen LogP contribution is 2.35. The van der Waals surface area contributed by atoms with Crippen molar-refractivity contribution in [1.29, 1.82) is 0 Å². The maximum Gasteiger partial charge on any atom is 0.191 e. The molecule has 0 bridgehead atoms. The zero-order valence-electron chi connectivity index (χ0n) is 18.3. The van der Waals surface area contributed by atoms with Gasteiger partial charge in [-0.3, -0.25) is 4.99 Å². The van der Waals surface area contributed by atoms with Crippen molar-refractivity contribution in [2.75, 3.05) is 44.8 Å². The largest absolute Gasteiger partial charge is 0.486 e. The lowest BCUT2D eigenvalue weighted by atomic mass is 9.84. The average molecular weight is 444 g/mol. The fourth-order valence-corrected chi connectivity index (χ4v) is 4.18. The van der Waals surface area contributed by atoms with Crippen LogP contribution in [0.15, 0.2) is 41.5 Å². The summed E-state index contributed by atoms with van der Waals surface area (Å²) in [5.74, 6) is 3.27. The van der Waals surface area contributed by atoms with E-state index in [1.54, 1.807) is 13.2 Å². The van der Waals surface area contributed by atoms with Crippen LogP contribution in [0, 0.1) is 0 Å². The number of aliphatic imine (C=N–C) groups is 1. The van der Waals surface area contributed by atoms with E-state index in [2.05, 4.69) is 51.5 Å². The van der Waals surface area contributed by atoms with E-state index in [-0.39, 0.29) is 11.5 Å². The predicted molar refractivity (Wildman–Crippen MR) is 125 cm³/mol. The van der Waals surface area contributed by atoms with Crippen molar-refractivity contribution < 1.29 is 9.47 Å². The standard InChI is InChI=1S/C23H30ClN5O2/c1-23(2,16-6-7-19-20(13-16)31-12-11-30-19)15-27-22(25-3)28-17-8-10-29(14-17)21-18(24)5-4-9-26-21/h4-7,9,13,17H,8,10-12,14-15H2,1-3H3,(H2,25,27,28). The minimum absolute atomic E-state index is 0.114. The van der Waals surface area contributed by atoms with E-state index in [0.717, 1.165) is 49.3 Å². The second kappa shape index (κ2) is 9.22. The van der Waals surface area contributed by atoms with Crippen LogP contribution >= 0.6 is 11.6 Å². The number of halogens is 1. The number of nitrogens with zero attached hydrogens (tertiary/aromatic N) is 3. The van der Waals surface area contributed by atoms with Crippen LogP contribution in [0.25, 0.3) is 0 Å². The Morgan fingerprint density at radius 2 is 2.06 bits per heavy atom. The maximum atomic E-state index is 6.31. The van der Waals surface area contributed by atoms with Crippen LogP contribution in [0.4, 0.5) is 5.82 Å². The van der Waals surface area contributed by atoms with Gasteiger partial charge in [0, 0.05) is 44.3 Å². The summed E-state index contributed by atoms with van der Waals surface area (Å²) < 4.78 is 11.4. The van der Waals surface area contributed by atoms with Crippen LogP contribution in [0.3, 0.4) is 0 Å². The number of hydrogen-bond donors (Lipinski definition) is 2. The Morgan fingerprint density at radius 3 is 2.84 bits per heavy atom. The third kappa shape index (κ3) is 4.98. The summed E-state index contributed by atoms with van der Waals surface area (Å²) in [7, 11) is 1.80. The fourth-order valence-electron chi connectivity index (χ4n) is 3.94. The second-order valence-corrected chi connectivity index (χ2v) is 8.96. The van der Waals surface area contributed by atoms with Gasteiger partial charge in [0.05, 0.1) is 5.02 Å². The van der Waals surface area contributed by atoms with Gasteiger partial charge in [0.25, 0.3) is 0 Å². The summed E-state index contributed by atoms with van der Waals surface area (Å²) >= 11 is 6.31. The molecule has 0 aliphatic carbocycles. The van der Waals surface area contributed by atoms with E-state index in [1.165, 1.54) is 5.56 Å². The number of rotatable bonds is 5. The SMILES string of the molecule is CN=C(NCC(C)(C)c1ccc2c(c1)OCCO2)NC1CCN(c2ncccc2Cl)C1. The van der Waals surface area contributed by atoms with Crippen LogP contribution < -0.4 is 25.0 Å². The molecule has 2 aromatic rings. The molecule has 7 nitrogen and oxygen atoms in total. The molecule has 1 unspecified atom stereocenters. The third-order valence-electron chi connectivity index (χ3n) is 5.81. The Bertz CT molecular complexity index is 949. The first-order chi connectivity index (χ1) is 15.0. The summed E-state index contributed by atoms with van der Waals surface area (Å²) in [6, 6.07) is 10.2. The van der Waals surface area contributed by atoms with E-state index in [0.29, 0.717) is 18.2 Å². The zero-order valence-corrected chi connectivity index (χ0v) is 19.1. The molecule has 1 aromatic carbocycles. The molecule has 2 N–H and O–H groups in total. The first kappa shape index (κ1) is 21.6. The molecule has 166 valence electrons. The number of guanidine groups is 1. The first-order valence-electron chi connectivity index (χ1n) is 10.7. The zero-order chi connectivity index (χ0) is 21.8. The van der Waals surface area contributed by atoms with E-state index in [4.69, 9.17) is 21.1 Å². The summed E-state index contributed by atoms with van der Waals surface area (Å²) in [5.41, 5.74) is 1.08. The lowest BCUT2D eigenvalue weighted by molar-refractivity contribution is 0.171. The molecule has 2 aliphatic heterocycles. The van der Waals surface area contributed by atoms with Crippen molar-refractivity contribution in [3.05, 3.63) is 47.1 Å². The number of nitrogens with one attached hydrogen (secondary N) is 2. The number of fused-ring (bicyclic) bond motifs is 1. The molecule has 3 heterocycles. The topological polar surface area (TPSA) is 71.0 Å². The van der Waals surface area contributed by atoms with Crippen molar-refractivity contribution in [2.45, 2.75) is 31.7 Å². The van der Waals surface area contributed by atoms with Gasteiger partial charge in [0.1, 0.15) is 19.0 Å². The number of ether oxygens (including phenoxy) is 2. The monoisotopic (exact) mass is 443 g/mol. The third-order valence-corrected chi connectivity index (χ3v) is 6.11. The molecule has 4 rings (SSSR count). The highest BCUT2D eigenvalue weighted by atomic mass is 35.5. The van der Waals surface area contributed by atoms with E-state index >= 15 is 0 Å². The van der Waals surface area contributed by atoms with Gasteiger partial charge in [-0.15, -0.1) is 0 Å². The molecule has 1 aromatic heterocycles. The Kier molecular flexibility index (Phi) is 6.41. The van der Waals surface area contributed by atoms with Gasteiger partial charge in [0.2, 0.25) is 0 Å². The molecule has 1 atom stereocenters. The first-order valence-corrected chi connectivity index (χ1v) is 11.1. The Hall–Kier alpha value is -2.67. The summed E-state index contributed by atoms with van der Waals surface area (Å²) in [4.78, 5) is 11.1. The Balaban J connectivity index is 1.34. The highest BCUT2D eigenvalue weighted by molar-refractivity contribution is 6.32. The van der Waals surface area contributed by atoms with Crippen molar-refractivity contribution >= 4 is 23.4 Å². The molecule has 0 amide bonds.